The standard InChI is InChI=1S/2Na.3H2O4S/c;;3*1-5(2,3)4/h;;3*(H2,1,2,3,4)/q2*+3;;;/p-6. The molecule has 0 bridgehead atoms. The average Bonchev–Trinajstić information content (AvgIpc) is 1.41. The number of hydrogen-bond donors (Lipinski definition) is 0. The molecule has 0 aliphatic rings. The molecule has 92 valence electrons. The fourth-order valence-electron chi connectivity index (χ4n) is 0. The van der Waals surface area contributed by atoms with Gasteiger partial charge in [-0.2, -0.15) is 0 Å². The topological polar surface area (TPSA) is 241 Å². The van der Waals surface area contributed by atoms with Crippen LogP contribution in [-0.2, 0) is 31.2 Å². The van der Waals surface area contributed by atoms with Crippen LogP contribution in [0.15, 0.2) is 0 Å². The summed E-state index contributed by atoms with van der Waals surface area (Å²) in [6.45, 7) is 0. The molecule has 0 aliphatic heterocycles. The van der Waals surface area contributed by atoms with Crippen molar-refractivity contribution in [1.29, 1.82) is 0 Å². The van der Waals surface area contributed by atoms with Crippen molar-refractivity contribution in [1.82, 2.24) is 0 Å². The fourth-order valence-corrected chi connectivity index (χ4v) is 0. The molecule has 0 aromatic heterocycles. The van der Waals surface area contributed by atoms with Crippen molar-refractivity contribution < 1.29 is 52.6 Å². The van der Waals surface area contributed by atoms with Crippen molar-refractivity contribution in [2.75, 3.05) is 0 Å². The summed E-state index contributed by atoms with van der Waals surface area (Å²) in [5, 5.41) is 0. The van der Waals surface area contributed by atoms with Crippen LogP contribution >= 0.6 is 0 Å². The molecule has 0 unspecified atom stereocenters. The Kier molecular flexibility index (Phi) is 23.2. The second-order valence-corrected chi connectivity index (χ2v) is 3.67. The van der Waals surface area contributed by atoms with E-state index in [0.29, 0.717) is 0 Å². The van der Waals surface area contributed by atoms with Gasteiger partial charge in [0.1, 0.15) is 0 Å². The Hall–Kier alpha value is 1.61. The summed E-state index contributed by atoms with van der Waals surface area (Å²) in [5.41, 5.74) is 0. The van der Waals surface area contributed by atoms with Crippen LogP contribution in [-0.4, -0.2) is 112 Å². The molecule has 0 saturated heterocycles. The molecule has 0 heterocycles. The first-order valence-electron chi connectivity index (χ1n) is 2.00. The van der Waals surface area contributed by atoms with E-state index in [-0.39, 0.29) is 59.1 Å². The molecule has 0 rings (SSSR count). The normalized spacial score (nSPS) is 10.2. The Morgan fingerprint density at radius 3 is 0.412 bits per heavy atom. The van der Waals surface area contributed by atoms with Crippen LogP contribution in [0.4, 0.5) is 0 Å². The van der Waals surface area contributed by atoms with Crippen LogP contribution < -0.4 is 0 Å². The van der Waals surface area contributed by atoms with Crippen LogP contribution in [0.5, 0.6) is 0 Å². The Morgan fingerprint density at radius 1 is 0.412 bits per heavy atom. The van der Waals surface area contributed by atoms with E-state index in [4.69, 9.17) is 52.6 Å². The zero-order valence-corrected chi connectivity index (χ0v) is 14.6. The van der Waals surface area contributed by atoms with Crippen LogP contribution in [0.2, 0.25) is 0 Å². The van der Waals surface area contributed by atoms with E-state index in [1.54, 1.807) is 0 Å². The van der Waals surface area contributed by atoms with Gasteiger partial charge in [-0.1, -0.05) is 0 Å². The van der Waals surface area contributed by atoms with Crippen LogP contribution in [0.1, 0.15) is 0 Å². The van der Waals surface area contributed by atoms with Crippen molar-refractivity contribution >= 4 is 90.3 Å². The monoisotopic (exact) mass is 334 g/mol. The van der Waals surface area contributed by atoms with Gasteiger partial charge in [0.05, 0.1) is 0 Å². The van der Waals surface area contributed by atoms with E-state index in [9.17, 15) is 0 Å². The van der Waals surface area contributed by atoms with Gasteiger partial charge in [0.25, 0.3) is 0 Å². The van der Waals surface area contributed by atoms with Gasteiger partial charge in [0.2, 0.25) is 0 Å². The first kappa shape index (κ1) is 31.2. The Labute approximate surface area is 141 Å². The van der Waals surface area contributed by atoms with E-state index in [1.165, 1.54) is 0 Å². The molecular weight excluding hydrogens is 334 g/mol. The molecule has 0 aliphatic carbocycles. The third kappa shape index (κ3) is 1660. The van der Waals surface area contributed by atoms with Crippen molar-refractivity contribution in [3.05, 3.63) is 0 Å². The van der Waals surface area contributed by atoms with E-state index in [1.807, 2.05) is 0 Å². The minimum absolute atomic E-state index is 0. The molecule has 0 fully saturated rings. The van der Waals surface area contributed by atoms with Crippen molar-refractivity contribution in [2.45, 2.75) is 0 Å². The van der Waals surface area contributed by atoms with Gasteiger partial charge >= 0.3 is 59.1 Å². The van der Waals surface area contributed by atoms with Gasteiger partial charge in [-0.05, 0) is 0 Å². The Bertz CT molecular complexity index is 341. The van der Waals surface area contributed by atoms with Crippen molar-refractivity contribution in [3.8, 4) is 0 Å². The van der Waals surface area contributed by atoms with Gasteiger partial charge in [-0.15, -0.1) is 0 Å². The molecule has 17 heteroatoms. The predicted molar refractivity (Wildman–Crippen MR) is 42.9 cm³/mol. The second kappa shape index (κ2) is 12.6. The molecular formula is Na2O12S3. The summed E-state index contributed by atoms with van der Waals surface area (Å²) >= 11 is 0. The largest absolute Gasteiger partial charge is 3.00 e. The molecule has 0 spiro atoms. The second-order valence-electron chi connectivity index (χ2n) is 1.22. The molecule has 0 aromatic carbocycles. The zero-order valence-electron chi connectivity index (χ0n) is 8.12. The van der Waals surface area contributed by atoms with Crippen LogP contribution in [0, 0.1) is 0 Å². The smallest absolute Gasteiger partial charge is 0.759 e. The molecule has 0 aromatic rings. The van der Waals surface area contributed by atoms with Gasteiger partial charge < -0.3 is 27.3 Å². The maximum Gasteiger partial charge on any atom is 3.00 e. The SMILES string of the molecule is O=S(=O)([O-])[O-].O=S(=O)([O-])[O-].O=S(=O)([O-])[O-].[Na+3].[Na+3]. The van der Waals surface area contributed by atoms with E-state index < -0.39 is 31.2 Å². The van der Waals surface area contributed by atoms with E-state index in [0.717, 1.165) is 0 Å². The zero-order chi connectivity index (χ0) is 13.5. The predicted octanol–water partition coefficient (Wildman–Crippen LogP) is -4.78. The summed E-state index contributed by atoms with van der Waals surface area (Å²) in [6.07, 6.45) is 0. The summed E-state index contributed by atoms with van der Waals surface area (Å²) in [4.78, 5) is 0. The minimum Gasteiger partial charge on any atom is -0.759 e. The van der Waals surface area contributed by atoms with Gasteiger partial charge in [0.15, 0.2) is 0 Å². The third-order valence-electron chi connectivity index (χ3n) is 0. The molecule has 17 heavy (non-hydrogen) atoms. The van der Waals surface area contributed by atoms with Crippen molar-refractivity contribution in [2.24, 2.45) is 0 Å². The first-order valence-corrected chi connectivity index (χ1v) is 6.00. The molecule has 20 radical (unpaired) electrons. The summed E-state index contributed by atoms with van der Waals surface area (Å²) < 4.78 is 102. The third-order valence-corrected chi connectivity index (χ3v) is 0. The summed E-state index contributed by atoms with van der Waals surface area (Å²) in [7, 11) is -15.5. The fraction of sp³-hybridized carbons (Fsp3) is 0. The van der Waals surface area contributed by atoms with E-state index >= 15 is 0 Å². The quantitative estimate of drug-likeness (QED) is 0.230. The molecule has 12 nitrogen and oxygen atoms in total. The Morgan fingerprint density at radius 2 is 0.412 bits per heavy atom. The Balaban J connectivity index is -0.0000000400. The van der Waals surface area contributed by atoms with Gasteiger partial charge in [-0.3, -0.25) is 25.3 Å². The maximum atomic E-state index is 8.52. The van der Waals surface area contributed by atoms with E-state index in [2.05, 4.69) is 0 Å². The average molecular weight is 334 g/mol. The molecule has 0 N–H and O–H groups in total. The maximum absolute atomic E-state index is 8.52. The minimum atomic E-state index is -5.17. The number of rotatable bonds is 0. The summed E-state index contributed by atoms with van der Waals surface area (Å²) in [6, 6.07) is 0. The molecule has 0 atom stereocenters. The van der Waals surface area contributed by atoms with Crippen LogP contribution in [0.3, 0.4) is 0 Å². The summed E-state index contributed by atoms with van der Waals surface area (Å²) in [5.74, 6) is 0. The first-order chi connectivity index (χ1) is 6.00. The van der Waals surface area contributed by atoms with Gasteiger partial charge in [-0.25, -0.2) is 0 Å². The number of hydrogen-bond acceptors (Lipinski definition) is 12. The molecule has 0 saturated carbocycles. The molecule has 0 amide bonds. The van der Waals surface area contributed by atoms with Crippen LogP contribution in [0.25, 0.3) is 0 Å². The van der Waals surface area contributed by atoms with Crippen molar-refractivity contribution in [3.63, 3.8) is 0 Å². The van der Waals surface area contributed by atoms with Gasteiger partial charge in [0, 0.05) is 31.2 Å².